The molecule has 0 amide bonds. The van der Waals surface area contributed by atoms with Gasteiger partial charge in [-0.15, -0.1) is 0 Å². The van der Waals surface area contributed by atoms with E-state index in [2.05, 4.69) is 16.9 Å². The second kappa shape index (κ2) is 9.64. The Morgan fingerprint density at radius 3 is 2.52 bits per heavy atom. The number of hydroxylamine groups is 2. The number of thiocarbonyl (C=S) groups is 1. The van der Waals surface area contributed by atoms with Crippen LogP contribution in [-0.2, 0) is 10.0 Å². The van der Waals surface area contributed by atoms with E-state index in [0.29, 0.717) is 21.4 Å². The zero-order chi connectivity index (χ0) is 22.6. The molecule has 0 aliphatic rings. The predicted octanol–water partition coefficient (Wildman–Crippen LogP) is 3.27. The molecule has 3 aromatic rings. The number of hydrogen-bond donors (Lipinski definition) is 2. The number of benzene rings is 2. The standard InChI is InChI=1S/C21H20N4O3S3/c1-15(30-21(29)24(2)26)12-13-17-14-19(16-8-4-3-5-9-16)25(23-17)18-10-6-7-11-20(18)31(22,27)28/h3-11,14-15,26H,1-2H3,(H2,22,27,28). The molecule has 1 heterocycles. The van der Waals surface area contributed by atoms with Gasteiger partial charge in [-0.05, 0) is 25.0 Å². The van der Waals surface area contributed by atoms with E-state index >= 15 is 0 Å². The summed E-state index contributed by atoms with van der Waals surface area (Å²) in [6, 6.07) is 17.7. The third-order valence-electron chi connectivity index (χ3n) is 4.12. The lowest BCUT2D eigenvalue weighted by atomic mass is 10.1. The van der Waals surface area contributed by atoms with Crippen LogP contribution < -0.4 is 5.14 Å². The monoisotopic (exact) mass is 472 g/mol. The Labute approximate surface area is 190 Å². The maximum Gasteiger partial charge on any atom is 0.240 e. The topological polar surface area (TPSA) is 101 Å². The molecule has 1 atom stereocenters. The highest BCUT2D eigenvalue weighted by atomic mass is 32.2. The van der Waals surface area contributed by atoms with E-state index in [4.69, 9.17) is 17.4 Å². The van der Waals surface area contributed by atoms with Gasteiger partial charge in [0.1, 0.15) is 10.6 Å². The predicted molar refractivity (Wildman–Crippen MR) is 126 cm³/mol. The summed E-state index contributed by atoms with van der Waals surface area (Å²) in [7, 11) is -2.51. The van der Waals surface area contributed by atoms with Crippen LogP contribution >= 0.6 is 24.0 Å². The van der Waals surface area contributed by atoms with Gasteiger partial charge in [0.05, 0.1) is 16.6 Å². The van der Waals surface area contributed by atoms with E-state index in [1.165, 1.54) is 29.6 Å². The fourth-order valence-corrected chi connectivity index (χ4v) is 4.47. The van der Waals surface area contributed by atoms with Gasteiger partial charge in [0.15, 0.2) is 4.32 Å². The van der Waals surface area contributed by atoms with Gasteiger partial charge in [-0.1, -0.05) is 72.4 Å². The minimum absolute atomic E-state index is 0.0324. The number of sulfonamides is 1. The molecule has 0 aliphatic heterocycles. The Morgan fingerprint density at radius 1 is 1.23 bits per heavy atom. The van der Waals surface area contributed by atoms with E-state index < -0.39 is 10.0 Å². The summed E-state index contributed by atoms with van der Waals surface area (Å²) in [5, 5.41) is 20.0. The molecule has 0 bridgehead atoms. The fourth-order valence-electron chi connectivity index (χ4n) is 2.75. The Kier molecular flexibility index (Phi) is 7.15. The molecule has 0 radical (unpaired) electrons. The zero-order valence-electron chi connectivity index (χ0n) is 16.8. The number of nitrogens with zero attached hydrogens (tertiary/aromatic N) is 3. The van der Waals surface area contributed by atoms with Crippen molar-refractivity contribution in [3.63, 3.8) is 0 Å². The number of thioether (sulfide) groups is 1. The number of para-hydroxylation sites is 1. The molecule has 0 saturated carbocycles. The summed E-state index contributed by atoms with van der Waals surface area (Å²) in [6.07, 6.45) is 0. The average Bonchev–Trinajstić information content (AvgIpc) is 3.16. The summed E-state index contributed by atoms with van der Waals surface area (Å²) in [5.41, 5.74) is 2.31. The van der Waals surface area contributed by atoms with Crippen LogP contribution in [0.4, 0.5) is 0 Å². The molecular formula is C21H20N4O3S3. The summed E-state index contributed by atoms with van der Waals surface area (Å²) >= 11 is 6.31. The third kappa shape index (κ3) is 5.72. The van der Waals surface area contributed by atoms with E-state index in [1.54, 1.807) is 24.3 Å². The zero-order valence-corrected chi connectivity index (χ0v) is 19.2. The van der Waals surface area contributed by atoms with Crippen LogP contribution in [0.2, 0.25) is 0 Å². The molecule has 0 saturated heterocycles. The van der Waals surface area contributed by atoms with E-state index in [1.807, 2.05) is 37.3 Å². The highest BCUT2D eigenvalue weighted by molar-refractivity contribution is 8.23. The number of primary sulfonamides is 1. The molecule has 1 unspecified atom stereocenters. The molecular weight excluding hydrogens is 452 g/mol. The normalized spacial score (nSPS) is 12.0. The van der Waals surface area contributed by atoms with Crippen LogP contribution in [-0.4, -0.2) is 45.1 Å². The van der Waals surface area contributed by atoms with Crippen molar-refractivity contribution in [1.82, 2.24) is 14.8 Å². The van der Waals surface area contributed by atoms with Crippen molar-refractivity contribution in [3.8, 4) is 28.8 Å². The second-order valence-corrected chi connectivity index (χ2v) is 10.0. The first-order valence-electron chi connectivity index (χ1n) is 9.09. The minimum Gasteiger partial charge on any atom is -0.287 e. The number of rotatable bonds is 4. The van der Waals surface area contributed by atoms with Crippen LogP contribution in [0.1, 0.15) is 12.6 Å². The fraction of sp³-hybridized carbons (Fsp3) is 0.143. The highest BCUT2D eigenvalue weighted by Crippen LogP contribution is 2.27. The lowest BCUT2D eigenvalue weighted by Crippen LogP contribution is -2.18. The van der Waals surface area contributed by atoms with Crippen molar-refractivity contribution >= 4 is 38.3 Å². The molecule has 31 heavy (non-hydrogen) atoms. The third-order valence-corrected chi connectivity index (χ3v) is 6.57. The minimum atomic E-state index is -3.96. The van der Waals surface area contributed by atoms with E-state index in [9.17, 15) is 13.6 Å². The van der Waals surface area contributed by atoms with Crippen LogP contribution in [0.5, 0.6) is 0 Å². The molecule has 3 rings (SSSR count). The number of hydrogen-bond acceptors (Lipinski definition) is 6. The maximum atomic E-state index is 12.1. The highest BCUT2D eigenvalue weighted by Gasteiger charge is 2.19. The molecule has 1 aromatic heterocycles. The molecule has 0 spiro atoms. The first kappa shape index (κ1) is 23.0. The Hall–Kier alpha value is -2.68. The van der Waals surface area contributed by atoms with Gasteiger partial charge in [0, 0.05) is 18.7 Å². The first-order chi connectivity index (χ1) is 14.7. The van der Waals surface area contributed by atoms with Crippen molar-refractivity contribution < 1.29 is 13.6 Å². The Morgan fingerprint density at radius 2 is 1.87 bits per heavy atom. The van der Waals surface area contributed by atoms with Gasteiger partial charge < -0.3 is 0 Å². The first-order valence-corrected chi connectivity index (χ1v) is 11.9. The maximum absolute atomic E-state index is 12.1. The lowest BCUT2D eigenvalue weighted by Gasteiger charge is -2.11. The Balaban J connectivity index is 2.09. The van der Waals surface area contributed by atoms with Gasteiger partial charge in [0.25, 0.3) is 0 Å². The summed E-state index contributed by atoms with van der Waals surface area (Å²) < 4.78 is 26.1. The average molecular weight is 473 g/mol. The van der Waals surface area contributed by atoms with Crippen LogP contribution in [0.15, 0.2) is 65.6 Å². The van der Waals surface area contributed by atoms with Crippen molar-refractivity contribution in [3.05, 3.63) is 66.4 Å². The lowest BCUT2D eigenvalue weighted by molar-refractivity contribution is 0.0205. The molecule has 10 heteroatoms. The van der Waals surface area contributed by atoms with Crippen LogP contribution in [0.3, 0.4) is 0 Å². The molecule has 2 aromatic carbocycles. The Bertz CT molecular complexity index is 1260. The van der Waals surface area contributed by atoms with Gasteiger partial charge in [-0.3, -0.25) is 5.21 Å². The van der Waals surface area contributed by atoms with E-state index in [-0.39, 0.29) is 10.1 Å². The van der Waals surface area contributed by atoms with Gasteiger partial charge in [0.2, 0.25) is 10.0 Å². The summed E-state index contributed by atoms with van der Waals surface area (Å²) in [5.74, 6) is 6.05. The summed E-state index contributed by atoms with van der Waals surface area (Å²) in [4.78, 5) is -0.0324. The van der Waals surface area contributed by atoms with Gasteiger partial charge in [-0.2, -0.15) is 5.10 Å². The molecule has 7 nitrogen and oxygen atoms in total. The number of aromatic nitrogens is 2. The van der Waals surface area contributed by atoms with Crippen molar-refractivity contribution in [2.75, 3.05) is 7.05 Å². The molecule has 0 aliphatic carbocycles. The quantitative estimate of drug-likeness (QED) is 0.341. The second-order valence-electron chi connectivity index (χ2n) is 6.52. The SMILES string of the molecule is CC(C#Cc1cc(-c2ccccc2)n(-c2ccccc2S(N)(=O)=O)n1)SC(=S)N(C)O. The van der Waals surface area contributed by atoms with Crippen molar-refractivity contribution in [1.29, 1.82) is 0 Å². The van der Waals surface area contributed by atoms with Gasteiger partial charge >= 0.3 is 0 Å². The van der Waals surface area contributed by atoms with E-state index in [0.717, 1.165) is 10.6 Å². The van der Waals surface area contributed by atoms with Crippen LogP contribution in [0.25, 0.3) is 16.9 Å². The smallest absolute Gasteiger partial charge is 0.240 e. The van der Waals surface area contributed by atoms with Crippen LogP contribution in [0, 0.1) is 11.8 Å². The van der Waals surface area contributed by atoms with Crippen molar-refractivity contribution in [2.45, 2.75) is 17.1 Å². The molecule has 3 N–H and O–H groups in total. The largest absolute Gasteiger partial charge is 0.287 e. The molecule has 160 valence electrons. The summed E-state index contributed by atoms with van der Waals surface area (Å²) in [6.45, 7) is 1.86. The van der Waals surface area contributed by atoms with Gasteiger partial charge in [-0.25, -0.2) is 23.3 Å². The number of nitrogens with two attached hydrogens (primary N) is 1. The molecule has 0 fully saturated rings. The van der Waals surface area contributed by atoms with Crippen molar-refractivity contribution in [2.24, 2.45) is 5.14 Å².